The minimum Gasteiger partial charge on any atom is -0.370 e. The van der Waals surface area contributed by atoms with Gasteiger partial charge in [0.15, 0.2) is 0 Å². The van der Waals surface area contributed by atoms with Crippen molar-refractivity contribution in [2.45, 2.75) is 24.2 Å². The SMILES string of the molecule is NS(=O)(=O)c1ccc(CCNc2ccnc(N3CCCC3)n2)cc1. The summed E-state index contributed by atoms with van der Waals surface area (Å²) in [6, 6.07) is 8.46. The Hall–Kier alpha value is -2.19. The molecule has 2 aromatic rings. The topological polar surface area (TPSA) is 101 Å². The number of sulfonamides is 1. The van der Waals surface area contributed by atoms with Crippen molar-refractivity contribution in [3.63, 3.8) is 0 Å². The first-order chi connectivity index (χ1) is 11.5. The normalized spacial score (nSPS) is 14.8. The molecule has 24 heavy (non-hydrogen) atoms. The van der Waals surface area contributed by atoms with Gasteiger partial charge in [0.25, 0.3) is 0 Å². The lowest BCUT2D eigenvalue weighted by molar-refractivity contribution is 0.598. The number of hydrogen-bond acceptors (Lipinski definition) is 6. The van der Waals surface area contributed by atoms with Crippen LogP contribution in [0.25, 0.3) is 0 Å². The Kier molecular flexibility index (Phi) is 4.96. The molecule has 0 spiro atoms. The number of primary sulfonamides is 1. The molecule has 0 atom stereocenters. The molecule has 3 N–H and O–H groups in total. The molecule has 1 aliphatic heterocycles. The fourth-order valence-corrected chi connectivity index (χ4v) is 3.21. The van der Waals surface area contributed by atoms with Crippen molar-refractivity contribution in [3.8, 4) is 0 Å². The molecule has 128 valence electrons. The molecule has 0 saturated carbocycles. The van der Waals surface area contributed by atoms with Crippen molar-refractivity contribution in [1.82, 2.24) is 9.97 Å². The van der Waals surface area contributed by atoms with E-state index in [0.717, 1.165) is 36.8 Å². The van der Waals surface area contributed by atoms with Gasteiger partial charge in [-0.1, -0.05) is 12.1 Å². The van der Waals surface area contributed by atoms with Gasteiger partial charge in [0.2, 0.25) is 16.0 Å². The third-order valence-electron chi connectivity index (χ3n) is 4.00. The Balaban J connectivity index is 1.55. The standard InChI is InChI=1S/C16H21N5O2S/c17-24(22,23)14-5-3-13(4-6-14)7-9-18-15-8-10-19-16(20-15)21-11-1-2-12-21/h3-6,8,10H,1-2,7,9,11-12H2,(H2,17,22,23)(H,18,19,20). The predicted molar refractivity (Wildman–Crippen MR) is 93.5 cm³/mol. The van der Waals surface area contributed by atoms with E-state index in [9.17, 15) is 8.42 Å². The highest BCUT2D eigenvalue weighted by molar-refractivity contribution is 7.89. The van der Waals surface area contributed by atoms with Crippen molar-refractivity contribution in [2.24, 2.45) is 5.14 Å². The van der Waals surface area contributed by atoms with Gasteiger partial charge >= 0.3 is 0 Å². The van der Waals surface area contributed by atoms with Crippen LogP contribution in [0.4, 0.5) is 11.8 Å². The number of nitrogens with two attached hydrogens (primary N) is 1. The smallest absolute Gasteiger partial charge is 0.238 e. The van der Waals surface area contributed by atoms with Crippen LogP contribution in [0.3, 0.4) is 0 Å². The zero-order chi connectivity index (χ0) is 17.0. The summed E-state index contributed by atoms with van der Waals surface area (Å²) in [4.78, 5) is 11.2. The van der Waals surface area contributed by atoms with Crippen molar-refractivity contribution in [1.29, 1.82) is 0 Å². The predicted octanol–water partition coefficient (Wildman–Crippen LogP) is 1.38. The quantitative estimate of drug-likeness (QED) is 0.819. The van der Waals surface area contributed by atoms with Gasteiger partial charge in [-0.05, 0) is 43.0 Å². The van der Waals surface area contributed by atoms with Gasteiger partial charge in [-0.2, -0.15) is 4.98 Å². The molecule has 8 heteroatoms. The fraction of sp³-hybridized carbons (Fsp3) is 0.375. The Bertz CT molecular complexity index is 786. The maximum Gasteiger partial charge on any atom is 0.238 e. The maximum absolute atomic E-state index is 11.2. The van der Waals surface area contributed by atoms with Crippen molar-refractivity contribution < 1.29 is 8.42 Å². The minimum absolute atomic E-state index is 0.130. The summed E-state index contributed by atoms with van der Waals surface area (Å²) in [5.41, 5.74) is 1.03. The molecular formula is C16H21N5O2S. The van der Waals surface area contributed by atoms with Crippen LogP contribution in [-0.2, 0) is 16.4 Å². The van der Waals surface area contributed by atoms with Gasteiger partial charge in [-0.3, -0.25) is 0 Å². The number of benzene rings is 1. The molecule has 1 saturated heterocycles. The molecule has 1 fully saturated rings. The molecule has 3 rings (SSSR count). The third kappa shape index (κ3) is 4.21. The van der Waals surface area contributed by atoms with Crippen LogP contribution in [0, 0.1) is 0 Å². The second-order valence-corrected chi connectivity index (χ2v) is 7.36. The average Bonchev–Trinajstić information content (AvgIpc) is 3.09. The highest BCUT2D eigenvalue weighted by Crippen LogP contribution is 2.17. The molecule has 7 nitrogen and oxygen atoms in total. The zero-order valence-electron chi connectivity index (χ0n) is 13.4. The van der Waals surface area contributed by atoms with Crippen LogP contribution in [0.15, 0.2) is 41.4 Å². The second-order valence-electron chi connectivity index (χ2n) is 5.80. The third-order valence-corrected chi connectivity index (χ3v) is 4.93. The van der Waals surface area contributed by atoms with Gasteiger partial charge in [-0.15, -0.1) is 0 Å². The fourth-order valence-electron chi connectivity index (χ4n) is 2.70. The number of anilines is 2. The first kappa shape index (κ1) is 16.7. The Morgan fingerprint density at radius 1 is 1.12 bits per heavy atom. The summed E-state index contributed by atoms with van der Waals surface area (Å²) in [5, 5.41) is 8.37. The molecule has 1 aliphatic rings. The molecule has 0 aliphatic carbocycles. The monoisotopic (exact) mass is 347 g/mol. The van der Waals surface area contributed by atoms with E-state index in [0.29, 0.717) is 6.54 Å². The van der Waals surface area contributed by atoms with E-state index >= 15 is 0 Å². The van der Waals surface area contributed by atoms with E-state index in [1.165, 1.54) is 25.0 Å². The Labute approximate surface area is 142 Å². The summed E-state index contributed by atoms with van der Waals surface area (Å²) in [6.07, 6.45) is 4.91. The first-order valence-corrected chi connectivity index (χ1v) is 9.51. The van der Waals surface area contributed by atoms with E-state index in [4.69, 9.17) is 5.14 Å². The number of hydrogen-bond donors (Lipinski definition) is 2. The molecular weight excluding hydrogens is 326 g/mol. The lowest BCUT2D eigenvalue weighted by Crippen LogP contribution is -2.20. The van der Waals surface area contributed by atoms with E-state index in [-0.39, 0.29) is 4.90 Å². The highest BCUT2D eigenvalue weighted by atomic mass is 32.2. The van der Waals surface area contributed by atoms with Gasteiger partial charge < -0.3 is 10.2 Å². The van der Waals surface area contributed by atoms with Gasteiger partial charge in [-0.25, -0.2) is 18.5 Å². The van der Waals surface area contributed by atoms with Crippen molar-refractivity contribution >= 4 is 21.8 Å². The van der Waals surface area contributed by atoms with Crippen LogP contribution < -0.4 is 15.4 Å². The molecule has 0 radical (unpaired) electrons. The summed E-state index contributed by atoms with van der Waals surface area (Å²) in [6.45, 7) is 2.73. The second kappa shape index (κ2) is 7.14. The van der Waals surface area contributed by atoms with Gasteiger partial charge in [0, 0.05) is 25.8 Å². The van der Waals surface area contributed by atoms with E-state index < -0.39 is 10.0 Å². The molecule has 2 heterocycles. The number of aromatic nitrogens is 2. The Morgan fingerprint density at radius 3 is 2.50 bits per heavy atom. The van der Waals surface area contributed by atoms with E-state index in [1.807, 2.05) is 6.07 Å². The van der Waals surface area contributed by atoms with Gasteiger partial charge in [0.1, 0.15) is 5.82 Å². The van der Waals surface area contributed by atoms with E-state index in [1.54, 1.807) is 18.3 Å². The summed E-state index contributed by atoms with van der Waals surface area (Å²) >= 11 is 0. The Morgan fingerprint density at radius 2 is 1.83 bits per heavy atom. The molecule has 0 bridgehead atoms. The summed E-state index contributed by atoms with van der Waals surface area (Å²) < 4.78 is 22.5. The van der Waals surface area contributed by atoms with Gasteiger partial charge in [0.05, 0.1) is 4.90 Å². The first-order valence-electron chi connectivity index (χ1n) is 7.96. The molecule has 0 amide bonds. The minimum atomic E-state index is -3.63. The zero-order valence-corrected chi connectivity index (χ0v) is 14.2. The molecule has 1 aromatic heterocycles. The molecule has 0 unspecified atom stereocenters. The van der Waals surface area contributed by atoms with Crippen molar-refractivity contribution in [2.75, 3.05) is 29.9 Å². The lowest BCUT2D eigenvalue weighted by Gasteiger charge is -2.15. The summed E-state index contributed by atoms with van der Waals surface area (Å²) in [7, 11) is -3.63. The van der Waals surface area contributed by atoms with Crippen LogP contribution in [-0.4, -0.2) is 38.0 Å². The summed E-state index contributed by atoms with van der Waals surface area (Å²) in [5.74, 6) is 1.57. The van der Waals surface area contributed by atoms with Crippen LogP contribution >= 0.6 is 0 Å². The number of rotatable bonds is 6. The van der Waals surface area contributed by atoms with Crippen molar-refractivity contribution in [3.05, 3.63) is 42.1 Å². The highest BCUT2D eigenvalue weighted by Gasteiger charge is 2.14. The molecule has 1 aromatic carbocycles. The number of nitrogens with zero attached hydrogens (tertiary/aromatic N) is 3. The average molecular weight is 347 g/mol. The largest absolute Gasteiger partial charge is 0.370 e. The maximum atomic E-state index is 11.2. The van der Waals surface area contributed by atoms with E-state index in [2.05, 4.69) is 20.2 Å². The van der Waals surface area contributed by atoms with Crippen LogP contribution in [0.5, 0.6) is 0 Å². The van der Waals surface area contributed by atoms with Crippen LogP contribution in [0.1, 0.15) is 18.4 Å². The van der Waals surface area contributed by atoms with Crippen LogP contribution in [0.2, 0.25) is 0 Å². The lowest BCUT2D eigenvalue weighted by atomic mass is 10.1. The number of nitrogens with one attached hydrogen (secondary N) is 1.